The average Bonchev–Trinajstić information content (AvgIpc) is 2.66. The van der Waals surface area contributed by atoms with Gasteiger partial charge in [-0.15, -0.1) is 0 Å². The highest BCUT2D eigenvalue weighted by Crippen LogP contribution is 2.45. The van der Waals surface area contributed by atoms with Crippen molar-refractivity contribution in [2.45, 2.75) is 53.5 Å². The quantitative estimate of drug-likeness (QED) is 0.792. The lowest BCUT2D eigenvalue weighted by molar-refractivity contribution is -0.142. The molecule has 1 heterocycles. The van der Waals surface area contributed by atoms with Crippen LogP contribution in [-0.4, -0.2) is 29.9 Å². The van der Waals surface area contributed by atoms with Crippen molar-refractivity contribution in [1.82, 2.24) is 4.90 Å². The first kappa shape index (κ1) is 14.8. The van der Waals surface area contributed by atoms with Gasteiger partial charge in [-0.3, -0.25) is 4.79 Å². The summed E-state index contributed by atoms with van der Waals surface area (Å²) in [5.41, 5.74) is 6.21. The fraction of sp³-hybridized carbons (Fsp3) is 0.938. The van der Waals surface area contributed by atoms with Crippen molar-refractivity contribution < 1.29 is 4.79 Å². The number of hydrogen-bond acceptors (Lipinski definition) is 2. The Bertz CT molecular complexity index is 343. The third-order valence-corrected chi connectivity index (χ3v) is 6.10. The molecule has 3 nitrogen and oxygen atoms in total. The Labute approximate surface area is 117 Å². The molecule has 2 rings (SSSR count). The van der Waals surface area contributed by atoms with Crippen molar-refractivity contribution >= 4 is 5.91 Å². The van der Waals surface area contributed by atoms with Crippen molar-refractivity contribution in [2.75, 3.05) is 13.1 Å². The Morgan fingerprint density at radius 3 is 2.16 bits per heavy atom. The maximum atomic E-state index is 12.8. The summed E-state index contributed by atoms with van der Waals surface area (Å²) in [5, 5.41) is 0. The number of nitrogens with two attached hydrogens (primary N) is 1. The van der Waals surface area contributed by atoms with Gasteiger partial charge in [-0.1, -0.05) is 34.6 Å². The second kappa shape index (κ2) is 5.08. The van der Waals surface area contributed by atoms with E-state index in [9.17, 15) is 4.79 Å². The summed E-state index contributed by atoms with van der Waals surface area (Å²) >= 11 is 0. The molecule has 19 heavy (non-hydrogen) atoms. The molecule has 1 aliphatic carbocycles. The lowest BCUT2D eigenvalue weighted by Crippen LogP contribution is -2.52. The Balaban J connectivity index is 2.11. The molecule has 1 aliphatic heterocycles. The third kappa shape index (κ3) is 2.54. The molecule has 0 aromatic heterocycles. The molecule has 5 atom stereocenters. The minimum Gasteiger partial charge on any atom is -0.342 e. The molecular formula is C16H30N2O. The van der Waals surface area contributed by atoms with E-state index in [2.05, 4.69) is 39.5 Å². The standard InChI is InChI=1S/C16H30N2O/c1-10-8-18(9-11(10)2)15(19)13-6-7-14(17)12(3)16(13,4)5/h10-14H,6-9,17H2,1-5H3. The monoisotopic (exact) mass is 266 g/mol. The van der Waals surface area contributed by atoms with Crippen molar-refractivity contribution in [3.05, 3.63) is 0 Å². The van der Waals surface area contributed by atoms with Gasteiger partial charge in [-0.25, -0.2) is 0 Å². The van der Waals surface area contributed by atoms with Crippen LogP contribution < -0.4 is 5.73 Å². The number of rotatable bonds is 1. The van der Waals surface area contributed by atoms with E-state index in [1.165, 1.54) is 0 Å². The van der Waals surface area contributed by atoms with Crippen LogP contribution in [0.3, 0.4) is 0 Å². The molecule has 2 N–H and O–H groups in total. The van der Waals surface area contributed by atoms with Crippen molar-refractivity contribution in [1.29, 1.82) is 0 Å². The van der Waals surface area contributed by atoms with Crippen molar-refractivity contribution in [2.24, 2.45) is 34.8 Å². The first-order valence-electron chi connectivity index (χ1n) is 7.79. The first-order valence-corrected chi connectivity index (χ1v) is 7.79. The highest BCUT2D eigenvalue weighted by Gasteiger charge is 2.47. The largest absolute Gasteiger partial charge is 0.342 e. The normalized spacial score (nSPS) is 42.4. The van der Waals surface area contributed by atoms with E-state index in [0.29, 0.717) is 23.7 Å². The van der Waals surface area contributed by atoms with Crippen LogP contribution in [0.4, 0.5) is 0 Å². The molecule has 2 fully saturated rings. The second-order valence-corrected chi connectivity index (χ2v) is 7.60. The summed E-state index contributed by atoms with van der Waals surface area (Å²) in [4.78, 5) is 14.9. The van der Waals surface area contributed by atoms with Gasteiger partial charge in [0.05, 0.1) is 0 Å². The number of hydrogen-bond donors (Lipinski definition) is 1. The van der Waals surface area contributed by atoms with Crippen LogP contribution in [0.1, 0.15) is 47.5 Å². The molecule has 1 amide bonds. The number of likely N-dealkylation sites (tertiary alicyclic amines) is 1. The SMILES string of the molecule is CC1CN(C(=O)C2CCC(N)C(C)C2(C)C)CC1C. The number of nitrogens with zero attached hydrogens (tertiary/aromatic N) is 1. The van der Waals surface area contributed by atoms with Crippen LogP contribution in [-0.2, 0) is 4.79 Å². The Hall–Kier alpha value is -0.570. The second-order valence-electron chi connectivity index (χ2n) is 7.60. The van der Waals surface area contributed by atoms with Crippen LogP contribution >= 0.6 is 0 Å². The van der Waals surface area contributed by atoms with Crippen LogP contribution in [0, 0.1) is 29.1 Å². The van der Waals surface area contributed by atoms with E-state index >= 15 is 0 Å². The molecule has 2 aliphatic rings. The van der Waals surface area contributed by atoms with Gasteiger partial charge < -0.3 is 10.6 Å². The Morgan fingerprint density at radius 1 is 1.11 bits per heavy atom. The van der Waals surface area contributed by atoms with Gasteiger partial charge in [-0.2, -0.15) is 0 Å². The summed E-state index contributed by atoms with van der Waals surface area (Å²) in [6.07, 6.45) is 1.94. The van der Waals surface area contributed by atoms with E-state index in [0.717, 1.165) is 25.9 Å². The maximum absolute atomic E-state index is 12.8. The van der Waals surface area contributed by atoms with Crippen molar-refractivity contribution in [3.8, 4) is 0 Å². The van der Waals surface area contributed by atoms with Gasteiger partial charge in [0, 0.05) is 25.0 Å². The molecule has 1 saturated carbocycles. The molecule has 3 heteroatoms. The fourth-order valence-electron chi connectivity index (χ4n) is 3.82. The molecular weight excluding hydrogens is 236 g/mol. The van der Waals surface area contributed by atoms with Gasteiger partial charge in [0.1, 0.15) is 0 Å². The number of carbonyl (C=O) groups excluding carboxylic acids is 1. The fourth-order valence-corrected chi connectivity index (χ4v) is 3.82. The van der Waals surface area contributed by atoms with E-state index in [1.54, 1.807) is 0 Å². The van der Waals surface area contributed by atoms with Gasteiger partial charge in [0.25, 0.3) is 0 Å². The Kier molecular flexibility index (Phi) is 3.97. The smallest absolute Gasteiger partial charge is 0.226 e. The lowest BCUT2D eigenvalue weighted by Gasteiger charge is -2.47. The Morgan fingerprint density at radius 2 is 1.63 bits per heavy atom. The minimum absolute atomic E-state index is 0.0177. The zero-order valence-electron chi connectivity index (χ0n) is 13.1. The van der Waals surface area contributed by atoms with Crippen molar-refractivity contribution in [3.63, 3.8) is 0 Å². The molecule has 0 radical (unpaired) electrons. The predicted molar refractivity (Wildman–Crippen MR) is 78.6 cm³/mol. The van der Waals surface area contributed by atoms with Gasteiger partial charge in [-0.05, 0) is 36.0 Å². The van der Waals surface area contributed by atoms with Gasteiger partial charge >= 0.3 is 0 Å². The lowest BCUT2D eigenvalue weighted by atomic mass is 9.60. The summed E-state index contributed by atoms with van der Waals surface area (Å²) in [5.74, 6) is 2.21. The minimum atomic E-state index is 0.0177. The molecule has 5 unspecified atom stereocenters. The molecule has 0 aromatic rings. The summed E-state index contributed by atoms with van der Waals surface area (Å²) in [7, 11) is 0. The third-order valence-electron chi connectivity index (χ3n) is 6.10. The van der Waals surface area contributed by atoms with Crippen LogP contribution in [0.2, 0.25) is 0 Å². The van der Waals surface area contributed by atoms with Crippen LogP contribution in [0.5, 0.6) is 0 Å². The van der Waals surface area contributed by atoms with Gasteiger partial charge in [0.2, 0.25) is 5.91 Å². The molecule has 0 aromatic carbocycles. The average molecular weight is 266 g/mol. The topological polar surface area (TPSA) is 46.3 Å². The van der Waals surface area contributed by atoms with E-state index in [-0.39, 0.29) is 17.4 Å². The predicted octanol–water partition coefficient (Wildman–Crippen LogP) is 2.50. The summed E-state index contributed by atoms with van der Waals surface area (Å²) in [6, 6.07) is 0.246. The number of carbonyl (C=O) groups is 1. The zero-order valence-corrected chi connectivity index (χ0v) is 13.1. The van der Waals surface area contributed by atoms with Crippen LogP contribution in [0.15, 0.2) is 0 Å². The summed E-state index contributed by atoms with van der Waals surface area (Å²) < 4.78 is 0. The number of amides is 1. The molecule has 1 saturated heterocycles. The van der Waals surface area contributed by atoms with Gasteiger partial charge in [0.15, 0.2) is 0 Å². The molecule has 110 valence electrons. The van der Waals surface area contributed by atoms with E-state index in [4.69, 9.17) is 5.73 Å². The van der Waals surface area contributed by atoms with Crippen LogP contribution in [0.25, 0.3) is 0 Å². The van der Waals surface area contributed by atoms with E-state index < -0.39 is 0 Å². The molecule has 0 spiro atoms. The van der Waals surface area contributed by atoms with E-state index in [1.807, 2.05) is 0 Å². The summed E-state index contributed by atoms with van der Waals surface area (Å²) in [6.45, 7) is 13.0. The molecule has 0 bridgehead atoms. The maximum Gasteiger partial charge on any atom is 0.226 e. The highest BCUT2D eigenvalue weighted by molar-refractivity contribution is 5.80. The zero-order chi connectivity index (χ0) is 14.4. The first-order chi connectivity index (χ1) is 8.75. The highest BCUT2D eigenvalue weighted by atomic mass is 16.2.